The molecule has 1 amide bonds. The number of aryl methyl sites for hydroxylation is 1. The molecule has 1 N–H and O–H groups in total. The molecule has 0 atom stereocenters. The van der Waals surface area contributed by atoms with Gasteiger partial charge in [0, 0.05) is 18.1 Å². The summed E-state index contributed by atoms with van der Waals surface area (Å²) >= 11 is 0. The van der Waals surface area contributed by atoms with Crippen molar-refractivity contribution >= 4 is 11.6 Å². The number of nitrogens with zero attached hydrogens (tertiary/aromatic N) is 2. The van der Waals surface area contributed by atoms with Crippen LogP contribution in [0.25, 0.3) is 11.4 Å². The van der Waals surface area contributed by atoms with Crippen LogP contribution in [0.5, 0.6) is 0 Å². The van der Waals surface area contributed by atoms with E-state index in [4.69, 9.17) is 4.52 Å². The van der Waals surface area contributed by atoms with Gasteiger partial charge in [-0.1, -0.05) is 29.4 Å². The van der Waals surface area contributed by atoms with Crippen molar-refractivity contribution in [3.8, 4) is 11.4 Å². The van der Waals surface area contributed by atoms with Gasteiger partial charge in [0.2, 0.25) is 11.7 Å². The van der Waals surface area contributed by atoms with E-state index in [9.17, 15) is 9.18 Å². The van der Waals surface area contributed by atoms with Gasteiger partial charge in [-0.3, -0.25) is 4.79 Å². The Bertz CT molecular complexity index is 812. The van der Waals surface area contributed by atoms with E-state index in [1.165, 1.54) is 12.1 Å². The van der Waals surface area contributed by atoms with Gasteiger partial charge in [0.15, 0.2) is 0 Å². The molecule has 0 radical (unpaired) electrons. The van der Waals surface area contributed by atoms with Gasteiger partial charge in [-0.05, 0) is 24.3 Å². The van der Waals surface area contributed by atoms with Gasteiger partial charge in [0.25, 0.3) is 5.91 Å². The third-order valence-corrected chi connectivity index (χ3v) is 3.05. The summed E-state index contributed by atoms with van der Waals surface area (Å²) in [6.07, 6.45) is 0. The standard InChI is InChI=1S/C16H12FN3O2/c1-10-18-15(20-22-10)11-6-8-12(9-7-11)16(21)19-14-5-3-2-4-13(14)17/h2-9H,1H3,(H,19,21). The van der Waals surface area contributed by atoms with E-state index in [0.29, 0.717) is 17.3 Å². The molecule has 3 rings (SSSR count). The van der Waals surface area contributed by atoms with Crippen molar-refractivity contribution in [2.75, 3.05) is 5.32 Å². The smallest absolute Gasteiger partial charge is 0.255 e. The predicted molar refractivity (Wildman–Crippen MR) is 78.8 cm³/mol. The first-order valence-corrected chi connectivity index (χ1v) is 6.60. The van der Waals surface area contributed by atoms with Crippen LogP contribution in [0.2, 0.25) is 0 Å². The number of aromatic nitrogens is 2. The van der Waals surface area contributed by atoms with Crippen molar-refractivity contribution in [1.82, 2.24) is 10.1 Å². The summed E-state index contributed by atoms with van der Waals surface area (Å²) in [6.45, 7) is 1.70. The van der Waals surface area contributed by atoms with Crippen molar-refractivity contribution in [1.29, 1.82) is 0 Å². The van der Waals surface area contributed by atoms with Gasteiger partial charge >= 0.3 is 0 Å². The molecule has 5 nitrogen and oxygen atoms in total. The highest BCUT2D eigenvalue weighted by molar-refractivity contribution is 6.04. The summed E-state index contributed by atoms with van der Waals surface area (Å²) in [7, 11) is 0. The molecular weight excluding hydrogens is 285 g/mol. The van der Waals surface area contributed by atoms with E-state index in [2.05, 4.69) is 15.5 Å². The van der Waals surface area contributed by atoms with Crippen LogP contribution in [0.15, 0.2) is 53.1 Å². The number of carbonyl (C=O) groups is 1. The van der Waals surface area contributed by atoms with E-state index in [1.54, 1.807) is 43.3 Å². The molecule has 0 bridgehead atoms. The summed E-state index contributed by atoms with van der Waals surface area (Å²) in [5, 5.41) is 6.33. The molecule has 3 aromatic rings. The zero-order valence-corrected chi connectivity index (χ0v) is 11.7. The minimum absolute atomic E-state index is 0.144. The second-order valence-electron chi connectivity index (χ2n) is 4.65. The summed E-state index contributed by atoms with van der Waals surface area (Å²) in [5.41, 5.74) is 1.29. The van der Waals surface area contributed by atoms with Crippen molar-refractivity contribution in [2.45, 2.75) is 6.92 Å². The van der Waals surface area contributed by atoms with Gasteiger partial charge < -0.3 is 9.84 Å². The number of benzene rings is 2. The molecule has 0 saturated carbocycles. The maximum Gasteiger partial charge on any atom is 0.255 e. The summed E-state index contributed by atoms with van der Waals surface area (Å²) in [5.74, 6) is 0.0608. The molecule has 2 aromatic carbocycles. The minimum atomic E-state index is -0.477. The second-order valence-corrected chi connectivity index (χ2v) is 4.65. The lowest BCUT2D eigenvalue weighted by Crippen LogP contribution is -2.12. The molecule has 1 aromatic heterocycles. The first-order chi connectivity index (χ1) is 10.6. The number of carbonyl (C=O) groups excluding carboxylic acids is 1. The minimum Gasteiger partial charge on any atom is -0.339 e. The van der Waals surface area contributed by atoms with E-state index in [-0.39, 0.29) is 11.6 Å². The quantitative estimate of drug-likeness (QED) is 0.804. The Morgan fingerprint density at radius 3 is 2.50 bits per heavy atom. The number of anilines is 1. The molecule has 0 aliphatic rings. The number of hydrogen-bond acceptors (Lipinski definition) is 4. The third-order valence-electron chi connectivity index (χ3n) is 3.05. The van der Waals surface area contributed by atoms with Crippen molar-refractivity contribution in [3.05, 3.63) is 65.8 Å². The van der Waals surface area contributed by atoms with Crippen molar-refractivity contribution < 1.29 is 13.7 Å². The fourth-order valence-electron chi connectivity index (χ4n) is 1.94. The number of amides is 1. The molecule has 0 aliphatic carbocycles. The van der Waals surface area contributed by atoms with Crippen LogP contribution in [0.3, 0.4) is 0 Å². The fraction of sp³-hybridized carbons (Fsp3) is 0.0625. The molecule has 110 valence electrons. The van der Waals surface area contributed by atoms with Gasteiger partial charge in [-0.2, -0.15) is 4.98 Å². The van der Waals surface area contributed by atoms with Gasteiger partial charge in [0.1, 0.15) is 5.82 Å². The van der Waals surface area contributed by atoms with Crippen molar-refractivity contribution in [2.24, 2.45) is 0 Å². The van der Waals surface area contributed by atoms with E-state index < -0.39 is 5.82 Å². The lowest BCUT2D eigenvalue weighted by molar-refractivity contribution is 0.102. The molecular formula is C16H12FN3O2. The molecule has 6 heteroatoms. The number of nitrogens with one attached hydrogen (secondary N) is 1. The Morgan fingerprint density at radius 1 is 1.14 bits per heavy atom. The molecule has 0 aliphatic heterocycles. The number of para-hydroxylation sites is 1. The Labute approximate surface area is 125 Å². The first-order valence-electron chi connectivity index (χ1n) is 6.60. The molecule has 22 heavy (non-hydrogen) atoms. The van der Waals surface area contributed by atoms with Crippen LogP contribution in [0, 0.1) is 12.7 Å². The topological polar surface area (TPSA) is 68.0 Å². The Balaban J connectivity index is 1.78. The number of halogens is 1. The largest absolute Gasteiger partial charge is 0.339 e. The summed E-state index contributed by atoms with van der Waals surface area (Å²) < 4.78 is 18.4. The van der Waals surface area contributed by atoms with E-state index in [0.717, 1.165) is 5.56 Å². The molecule has 0 spiro atoms. The highest BCUT2D eigenvalue weighted by Gasteiger charge is 2.10. The van der Waals surface area contributed by atoms with Crippen LogP contribution < -0.4 is 5.32 Å². The van der Waals surface area contributed by atoms with Crippen LogP contribution in [0.4, 0.5) is 10.1 Å². The van der Waals surface area contributed by atoms with Crippen LogP contribution >= 0.6 is 0 Å². The molecule has 1 heterocycles. The van der Waals surface area contributed by atoms with Crippen LogP contribution in [0.1, 0.15) is 16.2 Å². The predicted octanol–water partition coefficient (Wildman–Crippen LogP) is 3.44. The van der Waals surface area contributed by atoms with E-state index in [1.807, 2.05) is 0 Å². The lowest BCUT2D eigenvalue weighted by atomic mass is 10.1. The number of hydrogen-bond donors (Lipinski definition) is 1. The Hall–Kier alpha value is -3.02. The summed E-state index contributed by atoms with van der Waals surface area (Å²) in [6, 6.07) is 12.7. The third kappa shape index (κ3) is 2.85. The molecule has 0 unspecified atom stereocenters. The van der Waals surface area contributed by atoms with Crippen LogP contribution in [-0.4, -0.2) is 16.0 Å². The monoisotopic (exact) mass is 297 g/mol. The molecule has 0 saturated heterocycles. The normalized spacial score (nSPS) is 10.5. The van der Waals surface area contributed by atoms with Crippen LogP contribution in [-0.2, 0) is 0 Å². The second kappa shape index (κ2) is 5.77. The highest BCUT2D eigenvalue weighted by atomic mass is 19.1. The number of rotatable bonds is 3. The average Bonchev–Trinajstić information content (AvgIpc) is 2.96. The zero-order chi connectivity index (χ0) is 15.5. The molecule has 0 fully saturated rings. The maximum absolute atomic E-state index is 13.5. The van der Waals surface area contributed by atoms with E-state index >= 15 is 0 Å². The van der Waals surface area contributed by atoms with Crippen molar-refractivity contribution in [3.63, 3.8) is 0 Å². The lowest BCUT2D eigenvalue weighted by Gasteiger charge is -2.06. The average molecular weight is 297 g/mol. The Kier molecular flexibility index (Phi) is 3.65. The van der Waals surface area contributed by atoms with Gasteiger partial charge in [-0.25, -0.2) is 4.39 Å². The zero-order valence-electron chi connectivity index (χ0n) is 11.7. The highest BCUT2D eigenvalue weighted by Crippen LogP contribution is 2.18. The fourth-order valence-corrected chi connectivity index (χ4v) is 1.94. The Morgan fingerprint density at radius 2 is 1.86 bits per heavy atom. The SMILES string of the molecule is Cc1nc(-c2ccc(C(=O)Nc3ccccc3F)cc2)no1. The van der Waals surface area contributed by atoms with Gasteiger partial charge in [-0.15, -0.1) is 0 Å². The maximum atomic E-state index is 13.5. The van der Waals surface area contributed by atoms with Gasteiger partial charge in [0.05, 0.1) is 5.69 Å². The summed E-state index contributed by atoms with van der Waals surface area (Å²) in [4.78, 5) is 16.2. The first kappa shape index (κ1) is 13.9.